The molecule has 0 saturated carbocycles. The van der Waals surface area contributed by atoms with Crippen LogP contribution in [0.2, 0.25) is 0 Å². The molecule has 2 N–H and O–H groups in total. The van der Waals surface area contributed by atoms with Crippen LogP contribution < -0.4 is 10.6 Å². The molecule has 1 fully saturated rings. The van der Waals surface area contributed by atoms with Crippen LogP contribution in [-0.4, -0.2) is 50.4 Å². The van der Waals surface area contributed by atoms with Crippen molar-refractivity contribution in [3.8, 4) is 11.1 Å². The lowest BCUT2D eigenvalue weighted by molar-refractivity contribution is -0.161. The highest BCUT2D eigenvalue weighted by molar-refractivity contribution is 7.90. The summed E-state index contributed by atoms with van der Waals surface area (Å²) in [6.07, 6.45) is -3.27. The summed E-state index contributed by atoms with van der Waals surface area (Å²) < 4.78 is 71.1. The second-order valence-corrected chi connectivity index (χ2v) is 12.7. The maximum atomic E-state index is 14.2. The number of cyclic esters (lactones) is 1. The minimum Gasteiger partial charge on any atom is -0.458 e. The molecule has 0 aliphatic carbocycles. The summed E-state index contributed by atoms with van der Waals surface area (Å²) in [5, 5.41) is 5.04. The maximum Gasteiger partial charge on any atom is 0.407 e. The highest BCUT2D eigenvalue weighted by atomic mass is 32.2. The molecule has 1 saturated heterocycles. The zero-order valence-corrected chi connectivity index (χ0v) is 22.7. The van der Waals surface area contributed by atoms with Crippen LogP contribution >= 0.6 is 0 Å². The minimum absolute atomic E-state index is 0.0861. The number of sulfone groups is 1. The van der Waals surface area contributed by atoms with E-state index in [1.54, 1.807) is 39.8 Å². The summed E-state index contributed by atoms with van der Waals surface area (Å²) in [5.74, 6) is -1.41. The number of rotatable bonds is 9. The second kappa shape index (κ2) is 11.1. The third-order valence-corrected chi connectivity index (χ3v) is 7.38. The summed E-state index contributed by atoms with van der Waals surface area (Å²) in [5.41, 5.74) is 0.395. The Bertz CT molecular complexity index is 1260. The van der Waals surface area contributed by atoms with Crippen molar-refractivity contribution in [3.63, 3.8) is 0 Å². The fourth-order valence-corrected chi connectivity index (χ4v) is 5.04. The van der Waals surface area contributed by atoms with Crippen LogP contribution in [0, 0.1) is 5.92 Å². The lowest BCUT2D eigenvalue weighted by atomic mass is 9.97. The largest absolute Gasteiger partial charge is 0.458 e. The SMILES string of the molecule is CC(C)CC(NC(c1ccc(-c2ccc(S(C)(=O)=O)cc2)cc1)C(F)(F)F)C(=O)NC1CC(C)(C)OC1=O. The van der Waals surface area contributed by atoms with Gasteiger partial charge in [-0.1, -0.05) is 50.2 Å². The molecule has 2 aromatic carbocycles. The number of nitrogens with one attached hydrogen (secondary N) is 2. The van der Waals surface area contributed by atoms with Crippen molar-refractivity contribution in [2.24, 2.45) is 5.92 Å². The van der Waals surface area contributed by atoms with E-state index in [0.29, 0.717) is 11.1 Å². The molecule has 0 radical (unpaired) electrons. The molecule has 208 valence electrons. The lowest BCUT2D eigenvalue weighted by Gasteiger charge is -2.29. The highest BCUT2D eigenvalue weighted by Gasteiger charge is 2.45. The van der Waals surface area contributed by atoms with Gasteiger partial charge in [0.1, 0.15) is 17.7 Å². The summed E-state index contributed by atoms with van der Waals surface area (Å²) >= 11 is 0. The van der Waals surface area contributed by atoms with Gasteiger partial charge < -0.3 is 10.1 Å². The van der Waals surface area contributed by atoms with Gasteiger partial charge in [-0.25, -0.2) is 13.2 Å². The first-order valence-corrected chi connectivity index (χ1v) is 14.1. The third kappa shape index (κ3) is 7.57. The van der Waals surface area contributed by atoms with E-state index in [9.17, 15) is 31.2 Å². The molecular weight excluding hydrogens is 521 g/mol. The molecule has 11 heteroatoms. The number of hydrogen-bond acceptors (Lipinski definition) is 6. The average Bonchev–Trinajstić information content (AvgIpc) is 3.05. The van der Waals surface area contributed by atoms with Gasteiger partial charge in [0.25, 0.3) is 0 Å². The van der Waals surface area contributed by atoms with Crippen molar-refractivity contribution in [3.05, 3.63) is 54.1 Å². The summed E-state index contributed by atoms with van der Waals surface area (Å²) in [6, 6.07) is 7.46. The Kier molecular flexibility index (Phi) is 8.62. The molecule has 3 atom stereocenters. The molecule has 2 aromatic rings. The Morgan fingerprint density at radius 1 is 1.05 bits per heavy atom. The lowest BCUT2D eigenvalue weighted by Crippen LogP contribution is -2.52. The summed E-state index contributed by atoms with van der Waals surface area (Å²) in [6.45, 7) is 6.98. The van der Waals surface area contributed by atoms with E-state index >= 15 is 0 Å². The normalized spacial score (nSPS) is 19.2. The van der Waals surface area contributed by atoms with Gasteiger partial charge in [-0.3, -0.25) is 10.1 Å². The first-order valence-electron chi connectivity index (χ1n) is 12.2. The number of hydrogen-bond donors (Lipinski definition) is 2. The van der Waals surface area contributed by atoms with E-state index in [2.05, 4.69) is 10.6 Å². The first kappa shape index (κ1) is 29.6. The zero-order chi connectivity index (χ0) is 28.5. The van der Waals surface area contributed by atoms with Gasteiger partial charge in [0, 0.05) is 12.7 Å². The Balaban J connectivity index is 1.82. The van der Waals surface area contributed by atoms with E-state index < -0.39 is 51.6 Å². The number of benzene rings is 2. The van der Waals surface area contributed by atoms with Crippen LogP contribution in [0.4, 0.5) is 13.2 Å². The fraction of sp³-hybridized carbons (Fsp3) is 0.481. The molecule has 1 heterocycles. The second-order valence-electron chi connectivity index (χ2n) is 10.7. The number of carbonyl (C=O) groups is 2. The van der Waals surface area contributed by atoms with Gasteiger partial charge in [-0.05, 0) is 55.0 Å². The Hall–Kier alpha value is -2.92. The number of halogens is 3. The molecule has 38 heavy (non-hydrogen) atoms. The van der Waals surface area contributed by atoms with E-state index in [4.69, 9.17) is 4.74 Å². The van der Waals surface area contributed by atoms with Gasteiger partial charge in [-0.2, -0.15) is 13.2 Å². The molecule has 7 nitrogen and oxygen atoms in total. The van der Waals surface area contributed by atoms with Crippen LogP contribution in [0.15, 0.2) is 53.4 Å². The fourth-order valence-electron chi connectivity index (χ4n) is 4.41. The van der Waals surface area contributed by atoms with Crippen molar-refractivity contribution >= 4 is 21.7 Å². The van der Waals surface area contributed by atoms with Crippen LogP contribution in [0.1, 0.15) is 52.1 Å². The molecule has 1 aliphatic heterocycles. The minimum atomic E-state index is -4.71. The van der Waals surface area contributed by atoms with Crippen molar-refractivity contribution in [2.75, 3.05) is 6.26 Å². The summed E-state index contributed by atoms with van der Waals surface area (Å²) in [7, 11) is -3.37. The Morgan fingerprint density at radius 3 is 2.00 bits per heavy atom. The van der Waals surface area contributed by atoms with Crippen LogP contribution in [0.5, 0.6) is 0 Å². The molecule has 3 unspecified atom stereocenters. The number of amides is 1. The Morgan fingerprint density at radius 2 is 1.58 bits per heavy atom. The third-order valence-electron chi connectivity index (χ3n) is 6.25. The maximum absolute atomic E-state index is 14.2. The predicted octanol–water partition coefficient (Wildman–Crippen LogP) is 4.58. The van der Waals surface area contributed by atoms with E-state index in [1.807, 2.05) is 0 Å². The molecule has 0 spiro atoms. The van der Waals surface area contributed by atoms with Crippen molar-refractivity contribution < 1.29 is 35.9 Å². The number of ether oxygens (including phenoxy) is 1. The molecule has 0 aromatic heterocycles. The van der Waals surface area contributed by atoms with Crippen LogP contribution in [0.3, 0.4) is 0 Å². The average molecular weight is 555 g/mol. The van der Waals surface area contributed by atoms with Gasteiger partial charge in [0.2, 0.25) is 5.91 Å². The van der Waals surface area contributed by atoms with E-state index in [1.165, 1.54) is 36.4 Å². The molecule has 1 aliphatic rings. The molecule has 1 amide bonds. The first-order chi connectivity index (χ1) is 17.5. The van der Waals surface area contributed by atoms with Gasteiger partial charge in [0.05, 0.1) is 10.9 Å². The van der Waals surface area contributed by atoms with Crippen LogP contribution in [0.25, 0.3) is 11.1 Å². The molecule has 0 bridgehead atoms. The highest BCUT2D eigenvalue weighted by Crippen LogP contribution is 2.35. The topological polar surface area (TPSA) is 102 Å². The zero-order valence-electron chi connectivity index (χ0n) is 21.9. The van der Waals surface area contributed by atoms with E-state index in [-0.39, 0.29) is 29.2 Å². The summed E-state index contributed by atoms with van der Waals surface area (Å²) in [4.78, 5) is 25.3. The van der Waals surface area contributed by atoms with Gasteiger partial charge in [0.15, 0.2) is 9.84 Å². The van der Waals surface area contributed by atoms with Crippen molar-refractivity contribution in [1.82, 2.24) is 10.6 Å². The predicted molar refractivity (Wildman–Crippen MR) is 137 cm³/mol. The molecule has 3 rings (SSSR count). The number of carbonyl (C=O) groups excluding carboxylic acids is 2. The molecular formula is C27H33F3N2O5S. The Labute approximate surface area is 221 Å². The van der Waals surface area contributed by atoms with Gasteiger partial charge >= 0.3 is 12.1 Å². The van der Waals surface area contributed by atoms with Crippen LogP contribution in [-0.2, 0) is 24.2 Å². The quantitative estimate of drug-likeness (QED) is 0.441. The number of alkyl halides is 3. The standard InChI is InChI=1S/C27H33F3N2O5S/c1-16(2)14-21(24(33)32-22-15-26(3,4)37-25(22)34)31-23(27(28,29)30)19-8-6-17(7-9-19)18-10-12-20(13-11-18)38(5,35)36/h6-13,16,21-23,31H,14-15H2,1-5H3,(H,32,33). The van der Waals surface area contributed by atoms with Crippen molar-refractivity contribution in [1.29, 1.82) is 0 Å². The van der Waals surface area contributed by atoms with E-state index in [0.717, 1.165) is 6.26 Å². The van der Waals surface area contributed by atoms with Gasteiger partial charge in [-0.15, -0.1) is 0 Å². The monoisotopic (exact) mass is 554 g/mol. The number of esters is 1. The van der Waals surface area contributed by atoms with Crippen molar-refractivity contribution in [2.45, 2.75) is 75.3 Å². The smallest absolute Gasteiger partial charge is 0.407 e.